The number of para-hydroxylation sites is 1. The first-order chi connectivity index (χ1) is 10.8. The van der Waals surface area contributed by atoms with Gasteiger partial charge in [-0.15, -0.1) is 11.3 Å². The molecule has 5 heteroatoms. The zero-order valence-corrected chi connectivity index (χ0v) is 12.4. The lowest BCUT2D eigenvalue weighted by Crippen LogP contribution is -2.18. The van der Waals surface area contributed by atoms with Gasteiger partial charge in [0.05, 0.1) is 11.2 Å². The lowest BCUT2D eigenvalue weighted by Gasteiger charge is -2.04. The molecule has 0 atom stereocenters. The molecule has 0 aliphatic heterocycles. The number of benzene rings is 2. The second-order valence-electron chi connectivity index (χ2n) is 4.86. The van der Waals surface area contributed by atoms with Gasteiger partial charge < -0.3 is 0 Å². The Kier molecular flexibility index (Phi) is 3.05. The van der Waals surface area contributed by atoms with Crippen molar-refractivity contribution in [3.05, 3.63) is 71.8 Å². The highest BCUT2D eigenvalue weighted by Crippen LogP contribution is 2.23. The van der Waals surface area contributed by atoms with E-state index in [1.807, 2.05) is 60.0 Å². The number of nitrogens with zero attached hydrogens (tertiary/aromatic N) is 3. The van der Waals surface area contributed by atoms with Gasteiger partial charge in [0.25, 0.3) is 0 Å². The molecule has 4 rings (SSSR count). The van der Waals surface area contributed by atoms with E-state index in [-0.39, 0.29) is 0 Å². The zero-order chi connectivity index (χ0) is 14.9. The van der Waals surface area contributed by atoms with Crippen LogP contribution in [0, 0.1) is 5.41 Å². The van der Waals surface area contributed by atoms with Crippen molar-refractivity contribution in [2.75, 3.05) is 0 Å². The van der Waals surface area contributed by atoms with E-state index in [1.165, 1.54) is 11.3 Å². The Bertz CT molecular complexity index is 1000. The molecule has 0 aliphatic carbocycles. The molecule has 0 saturated heterocycles. The van der Waals surface area contributed by atoms with Crippen LogP contribution in [0.5, 0.6) is 0 Å². The Hall–Kier alpha value is -2.79. The van der Waals surface area contributed by atoms with Crippen molar-refractivity contribution < 1.29 is 0 Å². The van der Waals surface area contributed by atoms with E-state index in [9.17, 15) is 0 Å². The third-order valence-corrected chi connectivity index (χ3v) is 4.32. The Labute approximate surface area is 130 Å². The van der Waals surface area contributed by atoms with Crippen LogP contribution in [0.2, 0.25) is 0 Å². The van der Waals surface area contributed by atoms with Crippen LogP contribution < -0.4 is 5.49 Å². The zero-order valence-electron chi connectivity index (χ0n) is 11.6. The molecule has 106 valence electrons. The molecule has 0 spiro atoms. The van der Waals surface area contributed by atoms with Gasteiger partial charge in [-0.1, -0.05) is 42.5 Å². The van der Waals surface area contributed by atoms with Crippen molar-refractivity contribution in [1.82, 2.24) is 14.5 Å². The lowest BCUT2D eigenvalue weighted by molar-refractivity contribution is 0.901. The average Bonchev–Trinajstić information content (AvgIpc) is 3.06. The van der Waals surface area contributed by atoms with Gasteiger partial charge in [0.1, 0.15) is 11.8 Å². The third-order valence-electron chi connectivity index (χ3n) is 3.48. The second-order valence-corrected chi connectivity index (χ2v) is 5.70. The largest absolute Gasteiger partial charge is 0.283 e. The highest BCUT2D eigenvalue weighted by Gasteiger charge is 2.08. The fourth-order valence-corrected chi connectivity index (χ4v) is 3.16. The highest BCUT2D eigenvalue weighted by molar-refractivity contribution is 7.12. The lowest BCUT2D eigenvalue weighted by atomic mass is 10.2. The average molecular weight is 304 g/mol. The molecule has 22 heavy (non-hydrogen) atoms. The smallest absolute Gasteiger partial charge is 0.197 e. The van der Waals surface area contributed by atoms with Crippen LogP contribution in [0.3, 0.4) is 0 Å². The van der Waals surface area contributed by atoms with Crippen molar-refractivity contribution in [2.24, 2.45) is 0 Å². The minimum Gasteiger partial charge on any atom is -0.283 e. The third kappa shape index (κ3) is 2.12. The summed E-state index contributed by atoms with van der Waals surface area (Å²) in [4.78, 5) is 9.05. The normalized spacial score (nSPS) is 10.9. The number of thiazole rings is 1. The van der Waals surface area contributed by atoms with Crippen molar-refractivity contribution in [1.29, 1.82) is 5.41 Å². The second kappa shape index (κ2) is 5.20. The molecular formula is C17H12N4S. The van der Waals surface area contributed by atoms with Crippen molar-refractivity contribution >= 4 is 22.2 Å². The first kappa shape index (κ1) is 12.9. The summed E-state index contributed by atoms with van der Waals surface area (Å²) in [6.45, 7) is 0. The first-order valence-electron chi connectivity index (χ1n) is 6.85. The molecule has 2 heterocycles. The van der Waals surface area contributed by atoms with Gasteiger partial charge in [-0.05, 0) is 12.1 Å². The van der Waals surface area contributed by atoms with Gasteiger partial charge >= 0.3 is 0 Å². The van der Waals surface area contributed by atoms with E-state index >= 15 is 0 Å². The van der Waals surface area contributed by atoms with Gasteiger partial charge in [0.15, 0.2) is 5.13 Å². The van der Waals surface area contributed by atoms with E-state index in [2.05, 4.69) is 9.97 Å². The summed E-state index contributed by atoms with van der Waals surface area (Å²) < 4.78 is 1.72. The quantitative estimate of drug-likeness (QED) is 0.615. The molecule has 0 saturated carbocycles. The van der Waals surface area contributed by atoms with Crippen LogP contribution in [-0.2, 0) is 0 Å². The molecule has 0 unspecified atom stereocenters. The van der Waals surface area contributed by atoms with Crippen LogP contribution in [0.25, 0.3) is 27.3 Å². The van der Waals surface area contributed by atoms with E-state index in [0.29, 0.717) is 5.49 Å². The Morgan fingerprint density at radius 2 is 1.73 bits per heavy atom. The van der Waals surface area contributed by atoms with Gasteiger partial charge in [-0.3, -0.25) is 9.98 Å². The van der Waals surface area contributed by atoms with E-state index < -0.39 is 0 Å². The number of hydrogen-bond acceptors (Lipinski definition) is 4. The molecule has 0 amide bonds. The van der Waals surface area contributed by atoms with E-state index in [1.54, 1.807) is 10.9 Å². The minimum atomic E-state index is 0.402. The van der Waals surface area contributed by atoms with E-state index in [4.69, 9.17) is 5.41 Å². The standard InChI is InChI=1S/C17H12N4S/c18-16-13-8-4-5-9-14(13)19-11-21(16)17-20-15(10-22-17)12-6-2-1-3-7-12/h1-11,18H. The molecule has 0 radical (unpaired) electrons. The van der Waals surface area contributed by atoms with Crippen LogP contribution in [0.4, 0.5) is 0 Å². The molecule has 0 fully saturated rings. The summed E-state index contributed by atoms with van der Waals surface area (Å²) in [7, 11) is 0. The molecule has 2 aromatic carbocycles. The monoisotopic (exact) mass is 304 g/mol. The van der Waals surface area contributed by atoms with Crippen molar-refractivity contribution in [2.45, 2.75) is 0 Å². The Morgan fingerprint density at radius 3 is 2.59 bits per heavy atom. The minimum absolute atomic E-state index is 0.402. The maximum atomic E-state index is 8.38. The molecule has 2 aromatic heterocycles. The fourth-order valence-electron chi connectivity index (χ4n) is 2.36. The van der Waals surface area contributed by atoms with Crippen LogP contribution in [0.1, 0.15) is 0 Å². The number of aromatic nitrogens is 3. The predicted molar refractivity (Wildman–Crippen MR) is 88.0 cm³/mol. The van der Waals surface area contributed by atoms with Crippen LogP contribution in [-0.4, -0.2) is 14.5 Å². The molecular weight excluding hydrogens is 292 g/mol. The van der Waals surface area contributed by atoms with Crippen LogP contribution >= 0.6 is 11.3 Å². The van der Waals surface area contributed by atoms with Crippen molar-refractivity contribution in [3.63, 3.8) is 0 Å². The number of hydrogen-bond donors (Lipinski definition) is 1. The topological polar surface area (TPSA) is 54.6 Å². The summed E-state index contributed by atoms with van der Waals surface area (Å²) in [5.74, 6) is 0. The number of fused-ring (bicyclic) bond motifs is 1. The maximum Gasteiger partial charge on any atom is 0.197 e. The van der Waals surface area contributed by atoms with Crippen molar-refractivity contribution in [3.8, 4) is 16.4 Å². The molecule has 4 nitrogen and oxygen atoms in total. The maximum absolute atomic E-state index is 8.38. The number of rotatable bonds is 2. The molecule has 0 aliphatic rings. The molecule has 1 N–H and O–H groups in total. The van der Waals surface area contributed by atoms with Gasteiger partial charge in [0, 0.05) is 16.3 Å². The SMILES string of the molecule is N=c1c2ccccc2ncn1-c1nc(-c2ccccc2)cs1. The molecule has 0 bridgehead atoms. The summed E-state index contributed by atoms with van der Waals surface area (Å²) in [6, 6.07) is 17.7. The van der Waals surface area contributed by atoms with Crippen LogP contribution in [0.15, 0.2) is 66.3 Å². The summed E-state index contributed by atoms with van der Waals surface area (Å²) in [6.07, 6.45) is 1.66. The summed E-state index contributed by atoms with van der Waals surface area (Å²) in [5.41, 5.74) is 3.22. The Morgan fingerprint density at radius 1 is 0.955 bits per heavy atom. The fraction of sp³-hybridized carbons (Fsp3) is 0. The molecule has 4 aromatic rings. The van der Waals surface area contributed by atoms with Gasteiger partial charge in [-0.25, -0.2) is 9.97 Å². The van der Waals surface area contributed by atoms with Gasteiger partial charge in [-0.2, -0.15) is 0 Å². The summed E-state index contributed by atoms with van der Waals surface area (Å²) in [5, 5.41) is 12.0. The van der Waals surface area contributed by atoms with E-state index in [0.717, 1.165) is 27.3 Å². The predicted octanol–water partition coefficient (Wildman–Crippen LogP) is 3.63. The van der Waals surface area contributed by atoms with Gasteiger partial charge in [0.2, 0.25) is 0 Å². The number of nitrogens with one attached hydrogen (secondary N) is 1. The summed E-state index contributed by atoms with van der Waals surface area (Å²) >= 11 is 1.51. The highest BCUT2D eigenvalue weighted by atomic mass is 32.1. The first-order valence-corrected chi connectivity index (χ1v) is 7.73. The Balaban J connectivity index is 1.85.